The number of nitrogens with zero attached hydrogens (tertiary/aromatic N) is 3. The van der Waals surface area contributed by atoms with E-state index < -0.39 is 0 Å². The predicted molar refractivity (Wildman–Crippen MR) is 97.4 cm³/mol. The van der Waals surface area contributed by atoms with Crippen molar-refractivity contribution in [2.75, 3.05) is 37.6 Å². The third-order valence-electron chi connectivity index (χ3n) is 5.27. The summed E-state index contributed by atoms with van der Waals surface area (Å²) in [4.78, 5) is 30.8. The molecular weight excluding hydrogens is 349 g/mol. The van der Waals surface area contributed by atoms with Crippen LogP contribution in [0.15, 0.2) is 47.1 Å². The number of piperazine rings is 1. The van der Waals surface area contributed by atoms with E-state index in [1.54, 1.807) is 29.4 Å². The van der Waals surface area contributed by atoms with E-state index in [1.807, 2.05) is 11.0 Å². The van der Waals surface area contributed by atoms with Gasteiger partial charge in [-0.05, 0) is 36.4 Å². The van der Waals surface area contributed by atoms with Gasteiger partial charge in [-0.3, -0.25) is 9.59 Å². The molecule has 142 valence electrons. The number of halogens is 1. The first-order valence-corrected chi connectivity index (χ1v) is 9.19. The molecule has 0 N–H and O–H groups in total. The standard InChI is InChI=1S/C20H22FN3O3/c21-16-3-5-17(6-4-16)22-7-9-23(10-8-22)20(26)15-12-19(25)24(13-15)14-18-2-1-11-27-18/h1-6,11,15H,7-10,12-14H2/t15-/m0/s1. The molecule has 1 atom stereocenters. The van der Waals surface area contributed by atoms with Gasteiger partial charge in [0, 0.05) is 44.8 Å². The molecule has 0 radical (unpaired) electrons. The smallest absolute Gasteiger partial charge is 0.228 e. The maximum atomic E-state index is 13.1. The highest BCUT2D eigenvalue weighted by Crippen LogP contribution is 2.24. The van der Waals surface area contributed by atoms with Crippen molar-refractivity contribution < 1.29 is 18.4 Å². The fraction of sp³-hybridized carbons (Fsp3) is 0.400. The van der Waals surface area contributed by atoms with Crippen LogP contribution < -0.4 is 4.90 Å². The van der Waals surface area contributed by atoms with Crippen LogP contribution >= 0.6 is 0 Å². The van der Waals surface area contributed by atoms with Gasteiger partial charge in [-0.1, -0.05) is 0 Å². The Labute approximate surface area is 157 Å². The molecule has 1 aromatic heterocycles. The summed E-state index contributed by atoms with van der Waals surface area (Å²) in [6.07, 6.45) is 1.84. The molecule has 2 saturated heterocycles. The quantitative estimate of drug-likeness (QED) is 0.826. The van der Waals surface area contributed by atoms with Crippen molar-refractivity contribution in [3.63, 3.8) is 0 Å². The minimum Gasteiger partial charge on any atom is -0.467 e. The monoisotopic (exact) mass is 371 g/mol. The van der Waals surface area contributed by atoms with E-state index in [1.165, 1.54) is 12.1 Å². The molecule has 0 spiro atoms. The number of hydrogen-bond donors (Lipinski definition) is 0. The second-order valence-electron chi connectivity index (χ2n) is 7.04. The highest BCUT2D eigenvalue weighted by Gasteiger charge is 2.37. The lowest BCUT2D eigenvalue weighted by atomic mass is 10.1. The molecule has 0 unspecified atom stereocenters. The lowest BCUT2D eigenvalue weighted by molar-refractivity contribution is -0.136. The SMILES string of the molecule is O=C1C[C@H](C(=O)N2CCN(c3ccc(F)cc3)CC2)CN1Cc1ccco1. The summed E-state index contributed by atoms with van der Waals surface area (Å²) < 4.78 is 18.4. The van der Waals surface area contributed by atoms with E-state index >= 15 is 0 Å². The van der Waals surface area contributed by atoms with Gasteiger partial charge in [0.1, 0.15) is 11.6 Å². The minimum absolute atomic E-state index is 0.00491. The van der Waals surface area contributed by atoms with Crippen molar-refractivity contribution in [1.29, 1.82) is 0 Å². The molecule has 6 nitrogen and oxygen atoms in total. The second kappa shape index (κ2) is 7.42. The van der Waals surface area contributed by atoms with Gasteiger partial charge in [0.25, 0.3) is 0 Å². The zero-order valence-corrected chi connectivity index (χ0v) is 15.0. The fourth-order valence-corrected chi connectivity index (χ4v) is 3.78. The number of rotatable bonds is 4. The Bertz CT molecular complexity index is 798. The third-order valence-corrected chi connectivity index (χ3v) is 5.27. The topological polar surface area (TPSA) is 57.0 Å². The number of carbonyl (C=O) groups is 2. The summed E-state index contributed by atoms with van der Waals surface area (Å²) in [6, 6.07) is 10.0. The lowest BCUT2D eigenvalue weighted by Crippen LogP contribution is -2.50. The van der Waals surface area contributed by atoms with Crippen molar-refractivity contribution in [2.24, 2.45) is 5.92 Å². The molecule has 2 aliphatic heterocycles. The number of carbonyl (C=O) groups excluding carboxylic acids is 2. The Kier molecular flexibility index (Phi) is 4.83. The summed E-state index contributed by atoms with van der Waals surface area (Å²) in [5.41, 5.74) is 0.962. The zero-order chi connectivity index (χ0) is 18.8. The Morgan fingerprint density at radius 1 is 1.11 bits per heavy atom. The molecule has 3 heterocycles. The normalized spacial score (nSPS) is 20.4. The molecule has 4 rings (SSSR count). The van der Waals surface area contributed by atoms with Crippen LogP contribution in [0.4, 0.5) is 10.1 Å². The van der Waals surface area contributed by atoms with Crippen LogP contribution in [0.1, 0.15) is 12.2 Å². The van der Waals surface area contributed by atoms with E-state index in [4.69, 9.17) is 4.42 Å². The molecule has 27 heavy (non-hydrogen) atoms. The summed E-state index contributed by atoms with van der Waals surface area (Å²) in [5.74, 6) is 0.227. The molecule has 1 aromatic carbocycles. The maximum Gasteiger partial charge on any atom is 0.228 e. The Hall–Kier alpha value is -2.83. The Morgan fingerprint density at radius 2 is 1.85 bits per heavy atom. The van der Waals surface area contributed by atoms with Crippen LogP contribution in [0.2, 0.25) is 0 Å². The first-order valence-electron chi connectivity index (χ1n) is 9.19. The molecule has 2 aromatic rings. The van der Waals surface area contributed by atoms with Crippen LogP contribution in [0, 0.1) is 11.7 Å². The minimum atomic E-state index is -0.287. The van der Waals surface area contributed by atoms with Crippen molar-refractivity contribution in [3.8, 4) is 0 Å². The first kappa shape index (κ1) is 17.6. The molecule has 0 aliphatic carbocycles. The summed E-state index contributed by atoms with van der Waals surface area (Å²) in [7, 11) is 0. The molecule has 2 amide bonds. The van der Waals surface area contributed by atoms with Crippen LogP contribution in [0.25, 0.3) is 0 Å². The molecule has 0 bridgehead atoms. The molecule has 2 aliphatic rings. The molecule has 0 saturated carbocycles. The van der Waals surface area contributed by atoms with E-state index in [-0.39, 0.29) is 30.0 Å². The molecular formula is C20H22FN3O3. The van der Waals surface area contributed by atoms with Crippen LogP contribution in [-0.2, 0) is 16.1 Å². The predicted octanol–water partition coefficient (Wildman–Crippen LogP) is 2.12. The van der Waals surface area contributed by atoms with Crippen LogP contribution in [0.5, 0.6) is 0 Å². The van der Waals surface area contributed by atoms with Crippen LogP contribution in [0.3, 0.4) is 0 Å². The lowest BCUT2D eigenvalue weighted by Gasteiger charge is -2.37. The maximum absolute atomic E-state index is 13.1. The van der Waals surface area contributed by atoms with Gasteiger partial charge in [-0.15, -0.1) is 0 Å². The zero-order valence-electron chi connectivity index (χ0n) is 15.0. The Balaban J connectivity index is 1.31. The van der Waals surface area contributed by atoms with Gasteiger partial charge in [0.15, 0.2) is 0 Å². The van der Waals surface area contributed by atoms with Crippen LogP contribution in [-0.4, -0.2) is 54.3 Å². The van der Waals surface area contributed by atoms with E-state index in [0.29, 0.717) is 39.3 Å². The van der Waals surface area contributed by atoms with Gasteiger partial charge >= 0.3 is 0 Å². The van der Waals surface area contributed by atoms with Gasteiger partial charge in [-0.2, -0.15) is 0 Å². The number of hydrogen-bond acceptors (Lipinski definition) is 4. The summed E-state index contributed by atoms with van der Waals surface area (Å²) in [5, 5.41) is 0. The molecule has 2 fully saturated rings. The highest BCUT2D eigenvalue weighted by atomic mass is 19.1. The van der Waals surface area contributed by atoms with Gasteiger partial charge in [-0.25, -0.2) is 4.39 Å². The largest absolute Gasteiger partial charge is 0.467 e. The van der Waals surface area contributed by atoms with Gasteiger partial charge < -0.3 is 19.1 Å². The number of likely N-dealkylation sites (tertiary alicyclic amines) is 1. The Morgan fingerprint density at radius 3 is 2.52 bits per heavy atom. The highest BCUT2D eigenvalue weighted by molar-refractivity contribution is 5.89. The average Bonchev–Trinajstić information content (AvgIpc) is 3.32. The number of anilines is 1. The first-order chi connectivity index (χ1) is 13.1. The number of furan rings is 1. The van der Waals surface area contributed by atoms with Crippen molar-refractivity contribution in [2.45, 2.75) is 13.0 Å². The summed E-state index contributed by atoms with van der Waals surface area (Å²) >= 11 is 0. The fourth-order valence-electron chi connectivity index (χ4n) is 3.78. The van der Waals surface area contributed by atoms with Crippen molar-refractivity contribution in [1.82, 2.24) is 9.80 Å². The average molecular weight is 371 g/mol. The van der Waals surface area contributed by atoms with Crippen molar-refractivity contribution in [3.05, 3.63) is 54.2 Å². The van der Waals surface area contributed by atoms with E-state index in [0.717, 1.165) is 11.4 Å². The second-order valence-corrected chi connectivity index (χ2v) is 7.04. The molecule has 7 heteroatoms. The number of benzene rings is 1. The van der Waals surface area contributed by atoms with Gasteiger partial charge in [0.2, 0.25) is 11.8 Å². The third kappa shape index (κ3) is 3.82. The summed E-state index contributed by atoms with van der Waals surface area (Å²) in [6.45, 7) is 3.48. The van der Waals surface area contributed by atoms with E-state index in [2.05, 4.69) is 4.90 Å². The van der Waals surface area contributed by atoms with E-state index in [9.17, 15) is 14.0 Å². The van der Waals surface area contributed by atoms with Gasteiger partial charge in [0.05, 0.1) is 18.7 Å². The van der Waals surface area contributed by atoms with Crippen molar-refractivity contribution >= 4 is 17.5 Å². The number of amides is 2.